The first kappa shape index (κ1) is 32.6. The maximum atomic E-state index is 9.44. The predicted molar refractivity (Wildman–Crippen MR) is 176 cm³/mol. The van der Waals surface area contributed by atoms with Crippen LogP contribution in [0.5, 0.6) is 0 Å². The molecule has 226 valence electrons. The minimum Gasteiger partial charge on any atom is -0.368 e. The molecule has 42 heavy (non-hydrogen) atoms. The van der Waals surface area contributed by atoms with E-state index in [9.17, 15) is 4.79 Å². The molecule has 0 saturated carbocycles. The Bertz CT molecular complexity index is 1280. The van der Waals surface area contributed by atoms with Crippen LogP contribution in [0.4, 0.5) is 0 Å². The summed E-state index contributed by atoms with van der Waals surface area (Å²) in [5.41, 5.74) is 9.07. The number of rotatable bonds is 0. The molecule has 0 radical (unpaired) electrons. The smallest absolute Gasteiger partial charge is 0.126 e. The highest BCUT2D eigenvalue weighted by Crippen LogP contribution is 2.40. The lowest BCUT2D eigenvalue weighted by Gasteiger charge is -2.28. The van der Waals surface area contributed by atoms with Gasteiger partial charge in [0, 0.05) is 79.6 Å². The van der Waals surface area contributed by atoms with Crippen molar-refractivity contribution >= 4 is 5.78 Å². The average Bonchev–Trinajstić information content (AvgIpc) is 3.73. The van der Waals surface area contributed by atoms with E-state index in [1.54, 1.807) is 0 Å². The van der Waals surface area contributed by atoms with Gasteiger partial charge in [0.05, 0.1) is 0 Å². The van der Waals surface area contributed by atoms with Crippen LogP contribution in [-0.4, -0.2) is 30.7 Å². The summed E-state index contributed by atoms with van der Waals surface area (Å²) in [6, 6.07) is 21.8. The monoisotopic (exact) mass is 569 g/mol. The third-order valence-corrected chi connectivity index (χ3v) is 8.63. The Morgan fingerprint density at radius 3 is 0.738 bits per heavy atom. The van der Waals surface area contributed by atoms with Crippen molar-refractivity contribution < 1.29 is 4.79 Å². The van der Waals surface area contributed by atoms with Gasteiger partial charge in [-0.2, -0.15) is 0 Å². The first-order valence-corrected chi connectivity index (χ1v) is 14.4. The molecule has 0 saturated heterocycles. The van der Waals surface area contributed by atoms with Gasteiger partial charge in [0.2, 0.25) is 0 Å². The molecule has 6 rings (SSSR count). The molecule has 0 atom stereocenters. The van der Waals surface area contributed by atoms with E-state index in [1.807, 2.05) is 24.5 Å². The van der Waals surface area contributed by atoms with E-state index in [0.29, 0.717) is 0 Å². The van der Waals surface area contributed by atoms with Crippen LogP contribution >= 0.6 is 0 Å². The highest BCUT2D eigenvalue weighted by Gasteiger charge is 2.36. The summed E-state index contributed by atoms with van der Waals surface area (Å²) in [4.78, 5) is 27.4. The topological polar surface area (TPSA) is 96.0 Å². The van der Waals surface area contributed by atoms with Crippen molar-refractivity contribution in [3.8, 4) is 0 Å². The van der Waals surface area contributed by atoms with E-state index in [1.165, 1.54) is 59.4 Å². The molecular formula is C36H51N5O. The highest BCUT2D eigenvalue weighted by molar-refractivity contribution is 5.72. The molecule has 0 aliphatic carbocycles. The fourth-order valence-electron chi connectivity index (χ4n) is 5.36. The normalized spacial score (nSPS) is 17.0. The summed E-state index contributed by atoms with van der Waals surface area (Å²) in [6.07, 6.45) is 3.75. The number of aromatic nitrogens is 5. The molecule has 0 unspecified atom stereocenters. The third-order valence-electron chi connectivity index (χ3n) is 8.63. The van der Waals surface area contributed by atoms with Crippen LogP contribution in [0.1, 0.15) is 122 Å². The number of hydrogen-bond acceptors (Lipinski definition) is 1. The molecule has 8 bridgehead atoms. The average molecular weight is 570 g/mol. The molecule has 5 aromatic rings. The van der Waals surface area contributed by atoms with Crippen molar-refractivity contribution in [3.63, 3.8) is 0 Å². The lowest BCUT2D eigenvalue weighted by atomic mass is 9.85. The fraction of sp³-hybridized carbons (Fsp3) is 0.417. The molecule has 0 aromatic carbocycles. The zero-order chi connectivity index (χ0) is 30.2. The SMILES string of the molecule is C.CC(C)=O.CC1(C)c2ccc([nH]2)C(C)(C)c2ccc([nH]2)C(C)(C)c2ccc([nH]2)C(C)(C)c2ccc1[nH]2.c1cc[nH]c1. The van der Waals surface area contributed by atoms with Crippen molar-refractivity contribution in [2.45, 2.75) is 98.3 Å². The van der Waals surface area contributed by atoms with Gasteiger partial charge in [0.15, 0.2) is 0 Å². The molecule has 5 N–H and O–H groups in total. The van der Waals surface area contributed by atoms with E-state index >= 15 is 0 Å². The largest absolute Gasteiger partial charge is 0.368 e. The van der Waals surface area contributed by atoms with Gasteiger partial charge in [0.25, 0.3) is 0 Å². The number of fused-ring (bicyclic) bond motifs is 8. The van der Waals surface area contributed by atoms with E-state index in [4.69, 9.17) is 0 Å². The van der Waals surface area contributed by atoms with Gasteiger partial charge in [0.1, 0.15) is 5.78 Å². The van der Waals surface area contributed by atoms with Crippen LogP contribution in [0.3, 0.4) is 0 Å². The Balaban J connectivity index is 0.000000420. The van der Waals surface area contributed by atoms with Crippen molar-refractivity contribution in [1.29, 1.82) is 0 Å². The second-order valence-electron chi connectivity index (χ2n) is 13.4. The molecule has 6 heterocycles. The number of Topliss-reactive ketones (excluding diaryl/α,β-unsaturated/α-hetero) is 1. The maximum Gasteiger partial charge on any atom is 0.126 e. The quantitative estimate of drug-likeness (QED) is 0.126. The van der Waals surface area contributed by atoms with Gasteiger partial charge in [-0.3, -0.25) is 0 Å². The second-order valence-corrected chi connectivity index (χ2v) is 13.4. The van der Waals surface area contributed by atoms with E-state index in [2.05, 4.69) is 129 Å². The van der Waals surface area contributed by atoms with Gasteiger partial charge in [-0.25, -0.2) is 0 Å². The van der Waals surface area contributed by atoms with Crippen LogP contribution in [0.15, 0.2) is 73.1 Å². The summed E-state index contributed by atoms with van der Waals surface area (Å²) < 4.78 is 0. The molecule has 6 heteroatoms. The Hall–Kier alpha value is -3.93. The number of hydrogen-bond donors (Lipinski definition) is 5. The molecule has 0 fully saturated rings. The van der Waals surface area contributed by atoms with Crippen LogP contribution in [0.2, 0.25) is 0 Å². The number of carbonyl (C=O) groups is 1. The summed E-state index contributed by atoms with van der Waals surface area (Å²) in [6.45, 7) is 21.3. The lowest BCUT2D eigenvalue weighted by Crippen LogP contribution is -2.26. The number of nitrogens with one attached hydrogen (secondary N) is 5. The molecule has 6 nitrogen and oxygen atoms in total. The first-order valence-electron chi connectivity index (χ1n) is 14.4. The number of aromatic amines is 5. The summed E-state index contributed by atoms with van der Waals surface area (Å²) in [5, 5.41) is 0. The molecule has 1 aliphatic heterocycles. The molecular weight excluding hydrogens is 518 g/mol. The Morgan fingerprint density at radius 1 is 0.452 bits per heavy atom. The third kappa shape index (κ3) is 6.13. The predicted octanol–water partition coefficient (Wildman–Crippen LogP) is 8.86. The van der Waals surface area contributed by atoms with Crippen LogP contribution in [0, 0.1) is 0 Å². The summed E-state index contributed by atoms with van der Waals surface area (Å²) in [7, 11) is 0. The van der Waals surface area contributed by atoms with Gasteiger partial charge in [-0.1, -0.05) is 7.43 Å². The zero-order valence-corrected chi connectivity index (χ0v) is 26.3. The minimum absolute atomic E-state index is 0. The van der Waals surface area contributed by atoms with Crippen molar-refractivity contribution in [2.75, 3.05) is 0 Å². The Morgan fingerprint density at radius 2 is 0.619 bits per heavy atom. The maximum absolute atomic E-state index is 9.44. The van der Waals surface area contributed by atoms with Gasteiger partial charge in [-0.05, 0) is 130 Å². The second kappa shape index (κ2) is 11.7. The molecule has 0 spiro atoms. The van der Waals surface area contributed by atoms with Gasteiger partial charge in [-0.15, -0.1) is 0 Å². The van der Waals surface area contributed by atoms with Crippen LogP contribution in [0.25, 0.3) is 0 Å². The Kier molecular flexibility index (Phi) is 9.11. The Labute approximate surface area is 252 Å². The molecule has 1 aliphatic rings. The molecule has 5 aromatic heterocycles. The fourth-order valence-corrected chi connectivity index (χ4v) is 5.36. The van der Waals surface area contributed by atoms with Crippen LogP contribution < -0.4 is 0 Å². The van der Waals surface area contributed by atoms with Crippen molar-refractivity contribution in [1.82, 2.24) is 24.9 Å². The van der Waals surface area contributed by atoms with Gasteiger partial charge >= 0.3 is 0 Å². The van der Waals surface area contributed by atoms with Crippen molar-refractivity contribution in [3.05, 3.63) is 119 Å². The number of H-pyrrole nitrogens is 5. The van der Waals surface area contributed by atoms with Crippen molar-refractivity contribution in [2.24, 2.45) is 0 Å². The first-order chi connectivity index (χ1) is 19.1. The van der Waals surface area contributed by atoms with Gasteiger partial charge < -0.3 is 29.7 Å². The standard InChI is InChI=1S/C28H36N4.C4H5N.C3H6O.CH4/c1-25(2)17-9-11-19(29-17)26(3,4)21-13-15-23(31-21)28(7,8)24-16-14-22(32-24)27(5,6)20-12-10-18(25)30-20;1-2-4-5-3-1;1-3(2)4;/h9-16,29-32H,1-8H3;1-5H;1-2H3;1H4. The number of carbonyl (C=O) groups excluding carboxylic acids is 1. The summed E-state index contributed by atoms with van der Waals surface area (Å²) in [5.74, 6) is 0.167. The van der Waals surface area contributed by atoms with E-state index < -0.39 is 0 Å². The van der Waals surface area contributed by atoms with E-state index in [-0.39, 0.29) is 34.9 Å². The van der Waals surface area contributed by atoms with Crippen LogP contribution in [-0.2, 0) is 26.5 Å². The highest BCUT2D eigenvalue weighted by atomic mass is 16.1. The minimum atomic E-state index is -0.163. The van der Waals surface area contributed by atoms with E-state index in [0.717, 1.165) is 0 Å². The lowest BCUT2D eigenvalue weighted by molar-refractivity contribution is -0.115. The molecule has 0 amide bonds. The summed E-state index contributed by atoms with van der Waals surface area (Å²) >= 11 is 0. The number of ketones is 1. The zero-order valence-electron chi connectivity index (χ0n) is 26.3.